The zero-order chi connectivity index (χ0) is 40.3. The van der Waals surface area contributed by atoms with Gasteiger partial charge in [-0.25, -0.2) is 27.3 Å². The Morgan fingerprint density at radius 2 is 1.52 bits per heavy atom. The van der Waals surface area contributed by atoms with Crippen molar-refractivity contribution < 1.29 is 41.1 Å². The summed E-state index contributed by atoms with van der Waals surface area (Å²) in [5, 5.41) is 5.77. The molecule has 2 N–H and O–H groups in total. The molecule has 0 spiro atoms. The van der Waals surface area contributed by atoms with Crippen molar-refractivity contribution in [3.63, 3.8) is 0 Å². The SMILES string of the molecule is C=C/C(C)=C(\C=C(/C)c1ncc(-c2ccc(F)c(C(=O)Nc3cc(C)c(-c4cccc(C(=O)OC)c4)s3)c2F)o1)c1ccc(NC(=O)c2c(F)cccc2F)s1. The third-order valence-corrected chi connectivity index (χ3v) is 10.8. The Kier molecular flexibility index (Phi) is 11.6. The molecule has 0 atom stereocenters. The highest BCUT2D eigenvalue weighted by Crippen LogP contribution is 2.38. The van der Waals surface area contributed by atoms with Crippen LogP contribution in [-0.4, -0.2) is 29.9 Å². The van der Waals surface area contributed by atoms with E-state index in [9.17, 15) is 23.2 Å². The van der Waals surface area contributed by atoms with Crippen LogP contribution < -0.4 is 10.6 Å². The van der Waals surface area contributed by atoms with Crippen molar-refractivity contribution in [1.82, 2.24) is 4.98 Å². The molecule has 0 saturated carbocycles. The number of oxazole rings is 1. The lowest BCUT2D eigenvalue weighted by molar-refractivity contribution is 0.0600. The number of hydrogen-bond acceptors (Lipinski definition) is 8. The third-order valence-electron chi connectivity index (χ3n) is 8.52. The topological polar surface area (TPSA) is 111 Å². The quantitative estimate of drug-likeness (QED) is 0.0767. The number of carbonyl (C=O) groups is 3. The minimum atomic E-state index is -1.15. The van der Waals surface area contributed by atoms with Crippen molar-refractivity contribution >= 4 is 61.6 Å². The van der Waals surface area contributed by atoms with Crippen molar-refractivity contribution in [1.29, 1.82) is 0 Å². The highest BCUT2D eigenvalue weighted by atomic mass is 32.1. The molecule has 0 bridgehead atoms. The third kappa shape index (κ3) is 8.16. The number of halogens is 4. The molecule has 6 aromatic rings. The van der Waals surface area contributed by atoms with Gasteiger partial charge in [-0.2, -0.15) is 0 Å². The Balaban J connectivity index is 1.22. The molecule has 8 nitrogen and oxygen atoms in total. The number of amides is 2. The number of carbonyl (C=O) groups excluding carboxylic acids is 3. The van der Waals surface area contributed by atoms with Crippen molar-refractivity contribution in [2.45, 2.75) is 20.8 Å². The molecule has 0 saturated heterocycles. The summed E-state index contributed by atoms with van der Waals surface area (Å²) in [6.45, 7) is 9.16. The summed E-state index contributed by atoms with van der Waals surface area (Å²) >= 11 is 2.33. The molecule has 0 radical (unpaired) electrons. The predicted molar refractivity (Wildman–Crippen MR) is 211 cm³/mol. The average Bonchev–Trinajstić information content (AvgIpc) is 3.94. The summed E-state index contributed by atoms with van der Waals surface area (Å²) in [5.74, 6) is -6.65. The number of allylic oxidation sites excluding steroid dienone is 5. The second kappa shape index (κ2) is 16.6. The van der Waals surface area contributed by atoms with Crippen molar-refractivity contribution in [2.24, 2.45) is 0 Å². The molecule has 6 rings (SSSR count). The number of rotatable bonds is 11. The van der Waals surface area contributed by atoms with Crippen LogP contribution in [0.2, 0.25) is 0 Å². The van der Waals surface area contributed by atoms with Gasteiger partial charge in [0.15, 0.2) is 5.76 Å². The number of methoxy groups -OCH3 is 1. The maximum atomic E-state index is 16.0. The molecule has 0 fully saturated rings. The zero-order valence-electron chi connectivity index (χ0n) is 30.2. The molecular formula is C42H31F4N3O5S2. The van der Waals surface area contributed by atoms with Crippen molar-refractivity contribution in [2.75, 3.05) is 17.7 Å². The van der Waals surface area contributed by atoms with Gasteiger partial charge in [0, 0.05) is 15.3 Å². The van der Waals surface area contributed by atoms with Crippen LogP contribution in [0.15, 0.2) is 108 Å². The predicted octanol–water partition coefficient (Wildman–Crippen LogP) is 11.4. The highest BCUT2D eigenvalue weighted by molar-refractivity contribution is 7.19. The van der Waals surface area contributed by atoms with Crippen LogP contribution in [0.5, 0.6) is 0 Å². The highest BCUT2D eigenvalue weighted by Gasteiger charge is 2.25. The van der Waals surface area contributed by atoms with Gasteiger partial charge in [0.05, 0.1) is 34.4 Å². The van der Waals surface area contributed by atoms with Gasteiger partial charge < -0.3 is 19.8 Å². The molecule has 0 aliphatic rings. The second-order valence-corrected chi connectivity index (χ2v) is 14.4. The summed E-state index contributed by atoms with van der Waals surface area (Å²) in [6, 6.07) is 17.0. The first kappa shape index (κ1) is 39.3. The molecule has 0 aliphatic heterocycles. The number of anilines is 2. The van der Waals surface area contributed by atoms with Crippen molar-refractivity contribution in [3.8, 4) is 21.8 Å². The number of nitrogens with one attached hydrogen (secondary N) is 2. The van der Waals surface area contributed by atoms with E-state index in [4.69, 9.17) is 9.15 Å². The molecule has 3 heterocycles. The van der Waals surface area contributed by atoms with Crippen LogP contribution in [0.1, 0.15) is 61.3 Å². The minimum absolute atomic E-state index is 0.0634. The van der Waals surface area contributed by atoms with E-state index in [-0.39, 0.29) is 17.2 Å². The largest absolute Gasteiger partial charge is 0.465 e. The number of hydrogen-bond donors (Lipinski definition) is 2. The van der Waals surface area contributed by atoms with Gasteiger partial charge in [0.1, 0.15) is 34.4 Å². The molecule has 284 valence electrons. The fourth-order valence-electron chi connectivity index (χ4n) is 5.65. The van der Waals surface area contributed by atoms with E-state index in [1.165, 1.54) is 30.7 Å². The van der Waals surface area contributed by atoms with Crippen molar-refractivity contribution in [3.05, 3.63) is 160 Å². The fourth-order valence-corrected chi connectivity index (χ4v) is 7.70. The van der Waals surface area contributed by atoms with Gasteiger partial charge in [-0.05, 0) is 104 Å². The van der Waals surface area contributed by atoms with E-state index < -0.39 is 52.2 Å². The van der Waals surface area contributed by atoms with Crippen LogP contribution in [0, 0.1) is 30.2 Å². The van der Waals surface area contributed by atoms with Gasteiger partial charge in [0.25, 0.3) is 11.8 Å². The Morgan fingerprint density at radius 3 is 2.23 bits per heavy atom. The zero-order valence-corrected chi connectivity index (χ0v) is 31.8. The number of esters is 1. The van der Waals surface area contributed by atoms with Gasteiger partial charge in [-0.15, -0.1) is 22.7 Å². The maximum absolute atomic E-state index is 16.0. The van der Waals surface area contributed by atoms with Gasteiger partial charge >= 0.3 is 5.97 Å². The molecular weight excluding hydrogens is 767 g/mol. The lowest BCUT2D eigenvalue weighted by Crippen LogP contribution is -2.15. The van der Waals surface area contributed by atoms with Crippen LogP contribution in [0.25, 0.3) is 32.9 Å². The summed E-state index contributed by atoms with van der Waals surface area (Å²) in [4.78, 5) is 43.7. The number of benzene rings is 3. The minimum Gasteiger partial charge on any atom is -0.465 e. The van der Waals surface area contributed by atoms with Crippen LogP contribution in [0.3, 0.4) is 0 Å². The lowest BCUT2D eigenvalue weighted by atomic mass is 10.0. The average molecular weight is 798 g/mol. The molecule has 3 aromatic carbocycles. The van der Waals surface area contributed by atoms with Gasteiger partial charge in [-0.3, -0.25) is 9.59 Å². The first-order valence-electron chi connectivity index (χ1n) is 16.7. The smallest absolute Gasteiger partial charge is 0.337 e. The Hall–Kier alpha value is -6.38. The second-order valence-electron chi connectivity index (χ2n) is 12.3. The van der Waals surface area contributed by atoms with E-state index >= 15 is 8.78 Å². The van der Waals surface area contributed by atoms with Crippen LogP contribution in [0.4, 0.5) is 27.6 Å². The van der Waals surface area contributed by atoms with E-state index in [2.05, 4.69) is 22.2 Å². The molecule has 14 heteroatoms. The normalized spacial score (nSPS) is 11.9. The first-order valence-corrected chi connectivity index (χ1v) is 18.3. The Bertz CT molecular complexity index is 2580. The molecule has 0 aliphatic carbocycles. The van der Waals surface area contributed by atoms with E-state index in [1.54, 1.807) is 75.4 Å². The number of aromatic nitrogens is 1. The summed E-state index contributed by atoms with van der Waals surface area (Å²) in [6.07, 6.45) is 4.62. The number of nitrogens with zero attached hydrogens (tertiary/aromatic N) is 1. The summed E-state index contributed by atoms with van der Waals surface area (Å²) in [5.41, 5.74) is 1.99. The standard InChI is InChI=1S/C42H31F4N3O5S2/c1-6-21(2)27(32-15-16-33(55-32)48-39(50)35-28(43)11-8-12-29(35)44)17-23(4)41-47-20-31(54-41)26-13-14-30(45)36(37(26)46)40(51)49-34-18-22(3)38(56-34)24-9-7-10-25(19-24)42(52)53-5/h6-20H,1H2,2-5H3,(H,48,50)(H,49,51)/b23-17+,27-21+. The van der Waals surface area contributed by atoms with Gasteiger partial charge in [-0.1, -0.05) is 30.9 Å². The van der Waals surface area contributed by atoms with Crippen LogP contribution in [-0.2, 0) is 4.74 Å². The molecule has 2 amide bonds. The van der Waals surface area contributed by atoms with Crippen LogP contribution >= 0.6 is 22.7 Å². The van der Waals surface area contributed by atoms with E-state index in [0.717, 1.165) is 51.6 Å². The van der Waals surface area contributed by atoms with Gasteiger partial charge in [0.2, 0.25) is 5.89 Å². The number of thiophene rings is 2. The molecule has 0 unspecified atom stereocenters. The Morgan fingerprint density at radius 1 is 0.839 bits per heavy atom. The molecule has 56 heavy (non-hydrogen) atoms. The number of ether oxygens (including phenoxy) is 1. The maximum Gasteiger partial charge on any atom is 0.337 e. The summed E-state index contributed by atoms with van der Waals surface area (Å²) < 4.78 is 70.1. The lowest BCUT2D eigenvalue weighted by Gasteiger charge is -2.08. The first-order chi connectivity index (χ1) is 26.8. The Labute approximate surface area is 326 Å². The van der Waals surface area contributed by atoms with E-state index in [1.807, 2.05) is 0 Å². The summed E-state index contributed by atoms with van der Waals surface area (Å²) in [7, 11) is 1.28. The number of aryl methyl sites for hydroxylation is 1. The fraction of sp³-hybridized carbons (Fsp3) is 0.0952. The monoisotopic (exact) mass is 797 g/mol. The molecule has 3 aromatic heterocycles. The van der Waals surface area contributed by atoms with E-state index in [0.29, 0.717) is 37.2 Å².